The number of para-hydroxylation sites is 1. The van der Waals surface area contributed by atoms with Gasteiger partial charge in [0.1, 0.15) is 11.9 Å². The summed E-state index contributed by atoms with van der Waals surface area (Å²) in [7, 11) is 0. The molecular weight excluding hydrogens is 400 g/mol. The third-order valence-corrected chi connectivity index (χ3v) is 6.47. The summed E-state index contributed by atoms with van der Waals surface area (Å²) in [6, 6.07) is 13.1. The zero-order valence-corrected chi connectivity index (χ0v) is 17.2. The average Bonchev–Trinajstić information content (AvgIpc) is 3.42. The van der Waals surface area contributed by atoms with Gasteiger partial charge in [-0.3, -0.25) is 14.6 Å². The smallest absolute Gasteiger partial charge is 0.264 e. The molecule has 154 valence electrons. The second-order valence-electron chi connectivity index (χ2n) is 7.58. The number of carbonyl (C=O) groups excluding carboxylic acids is 2. The van der Waals surface area contributed by atoms with Crippen LogP contribution in [0.5, 0.6) is 5.75 Å². The number of ether oxygens (including phenoxy) is 1. The molecule has 30 heavy (non-hydrogen) atoms. The first-order valence-electron chi connectivity index (χ1n) is 10.1. The van der Waals surface area contributed by atoms with E-state index in [4.69, 9.17) is 4.74 Å². The Kier molecular flexibility index (Phi) is 5.10. The lowest BCUT2D eigenvalue weighted by Crippen LogP contribution is -2.56. The van der Waals surface area contributed by atoms with E-state index in [-0.39, 0.29) is 24.0 Å². The number of amides is 2. The molecule has 2 fully saturated rings. The number of fused-ring (bicyclic) bond motifs is 1. The van der Waals surface area contributed by atoms with E-state index in [1.54, 1.807) is 23.2 Å². The van der Waals surface area contributed by atoms with E-state index >= 15 is 0 Å². The standard InChI is InChI=1S/C22H22N4O3S/c27-21(17-6-3-10-23-17)25-20-8-7-19(30-20)22(28)26-12-14(13-26)29-18-9-11-24-16-5-2-1-4-15(16)18/h1-2,4-5,7-9,11,14,17,23H,3,6,10,12-13H2,(H,25,27). The molecule has 2 amide bonds. The molecule has 2 aliphatic heterocycles. The summed E-state index contributed by atoms with van der Waals surface area (Å²) in [6.07, 6.45) is 3.57. The monoisotopic (exact) mass is 422 g/mol. The first kappa shape index (κ1) is 19.0. The molecule has 0 saturated carbocycles. The Hall–Kier alpha value is -2.97. The van der Waals surface area contributed by atoms with Gasteiger partial charge in [-0.25, -0.2) is 0 Å². The summed E-state index contributed by atoms with van der Waals surface area (Å²) in [5.74, 6) is 0.730. The number of rotatable bonds is 5. The molecule has 2 aromatic heterocycles. The Morgan fingerprint density at radius 1 is 1.17 bits per heavy atom. The number of nitrogens with one attached hydrogen (secondary N) is 2. The van der Waals surface area contributed by atoms with Crippen LogP contribution in [0.4, 0.5) is 5.00 Å². The molecule has 2 N–H and O–H groups in total. The Morgan fingerprint density at radius 2 is 2.03 bits per heavy atom. The molecule has 7 nitrogen and oxygen atoms in total. The molecule has 4 heterocycles. The molecule has 2 saturated heterocycles. The Bertz CT molecular complexity index is 1080. The van der Waals surface area contributed by atoms with Crippen molar-refractivity contribution in [2.24, 2.45) is 0 Å². The van der Waals surface area contributed by atoms with Crippen LogP contribution in [0.1, 0.15) is 22.5 Å². The zero-order valence-electron chi connectivity index (χ0n) is 16.3. The lowest BCUT2D eigenvalue weighted by Gasteiger charge is -2.38. The highest BCUT2D eigenvalue weighted by Gasteiger charge is 2.34. The van der Waals surface area contributed by atoms with E-state index < -0.39 is 0 Å². The van der Waals surface area contributed by atoms with Gasteiger partial charge >= 0.3 is 0 Å². The van der Waals surface area contributed by atoms with Crippen LogP contribution < -0.4 is 15.4 Å². The zero-order chi connectivity index (χ0) is 20.5. The SMILES string of the molecule is O=C(Nc1ccc(C(=O)N2CC(Oc3ccnc4ccccc34)C2)s1)C1CCCN1. The molecule has 0 radical (unpaired) electrons. The molecule has 8 heteroatoms. The molecule has 0 aliphatic carbocycles. The Morgan fingerprint density at radius 3 is 2.87 bits per heavy atom. The van der Waals surface area contributed by atoms with Gasteiger partial charge in [0.25, 0.3) is 5.91 Å². The third kappa shape index (κ3) is 3.76. The number of likely N-dealkylation sites (tertiary alicyclic amines) is 1. The van der Waals surface area contributed by atoms with Crippen molar-refractivity contribution in [2.45, 2.75) is 25.0 Å². The van der Waals surface area contributed by atoms with Gasteiger partial charge in [0.15, 0.2) is 0 Å². The highest BCUT2D eigenvalue weighted by Crippen LogP contribution is 2.29. The fourth-order valence-corrected chi connectivity index (χ4v) is 4.70. The van der Waals surface area contributed by atoms with E-state index in [1.165, 1.54) is 11.3 Å². The largest absolute Gasteiger partial charge is 0.486 e. The summed E-state index contributed by atoms with van der Waals surface area (Å²) in [6.45, 7) is 1.96. The highest BCUT2D eigenvalue weighted by atomic mass is 32.1. The van der Waals surface area contributed by atoms with Gasteiger partial charge in [-0.15, -0.1) is 11.3 Å². The van der Waals surface area contributed by atoms with Crippen LogP contribution >= 0.6 is 11.3 Å². The summed E-state index contributed by atoms with van der Waals surface area (Å²) >= 11 is 1.31. The summed E-state index contributed by atoms with van der Waals surface area (Å²) in [5, 5.41) is 7.76. The van der Waals surface area contributed by atoms with Crippen molar-refractivity contribution in [2.75, 3.05) is 25.0 Å². The van der Waals surface area contributed by atoms with Crippen LogP contribution in [0.15, 0.2) is 48.7 Å². The van der Waals surface area contributed by atoms with E-state index in [0.29, 0.717) is 23.0 Å². The van der Waals surface area contributed by atoms with Crippen LogP contribution in [-0.4, -0.2) is 53.5 Å². The minimum Gasteiger partial charge on any atom is -0.486 e. The van der Waals surface area contributed by atoms with Gasteiger partial charge in [-0.05, 0) is 49.7 Å². The fourth-order valence-electron chi connectivity index (χ4n) is 3.82. The number of nitrogens with zero attached hydrogens (tertiary/aromatic N) is 2. The molecule has 2 aliphatic rings. The second kappa shape index (κ2) is 8.04. The van der Waals surface area contributed by atoms with Gasteiger partial charge in [0.2, 0.25) is 5.91 Å². The van der Waals surface area contributed by atoms with E-state index in [2.05, 4.69) is 15.6 Å². The Balaban J connectivity index is 1.17. The quantitative estimate of drug-likeness (QED) is 0.661. The average molecular weight is 423 g/mol. The van der Waals surface area contributed by atoms with Crippen LogP contribution in [0.3, 0.4) is 0 Å². The van der Waals surface area contributed by atoms with Crippen molar-refractivity contribution in [3.8, 4) is 5.75 Å². The van der Waals surface area contributed by atoms with Crippen molar-refractivity contribution < 1.29 is 14.3 Å². The van der Waals surface area contributed by atoms with Gasteiger partial charge in [0.05, 0.1) is 34.5 Å². The molecule has 5 rings (SSSR count). The molecule has 1 aromatic carbocycles. The van der Waals surface area contributed by atoms with Crippen LogP contribution in [0.25, 0.3) is 10.9 Å². The summed E-state index contributed by atoms with van der Waals surface area (Å²) in [5.41, 5.74) is 0.892. The minimum atomic E-state index is -0.135. The molecular formula is C22H22N4O3S. The molecule has 3 aromatic rings. The Labute approximate surface area is 178 Å². The van der Waals surface area contributed by atoms with Crippen LogP contribution in [-0.2, 0) is 4.79 Å². The lowest BCUT2D eigenvalue weighted by atomic mass is 10.1. The summed E-state index contributed by atoms with van der Waals surface area (Å²) < 4.78 is 6.10. The van der Waals surface area contributed by atoms with E-state index in [0.717, 1.165) is 36.0 Å². The number of aromatic nitrogens is 1. The lowest BCUT2D eigenvalue weighted by molar-refractivity contribution is -0.117. The maximum Gasteiger partial charge on any atom is 0.264 e. The molecule has 0 bridgehead atoms. The highest BCUT2D eigenvalue weighted by molar-refractivity contribution is 7.18. The van der Waals surface area contributed by atoms with Crippen LogP contribution in [0, 0.1) is 0 Å². The van der Waals surface area contributed by atoms with Gasteiger partial charge in [-0.2, -0.15) is 0 Å². The van der Waals surface area contributed by atoms with Crippen molar-refractivity contribution in [3.05, 3.63) is 53.5 Å². The second-order valence-corrected chi connectivity index (χ2v) is 8.66. The van der Waals surface area contributed by atoms with Crippen molar-refractivity contribution in [3.63, 3.8) is 0 Å². The molecule has 0 spiro atoms. The fraction of sp³-hybridized carbons (Fsp3) is 0.318. The number of carbonyl (C=O) groups is 2. The van der Waals surface area contributed by atoms with Gasteiger partial charge in [-0.1, -0.05) is 12.1 Å². The number of anilines is 1. The number of pyridine rings is 1. The normalized spacial score (nSPS) is 18.9. The van der Waals surface area contributed by atoms with E-state index in [9.17, 15) is 9.59 Å². The van der Waals surface area contributed by atoms with E-state index in [1.807, 2.05) is 30.3 Å². The first-order valence-corrected chi connectivity index (χ1v) is 10.9. The topological polar surface area (TPSA) is 83.6 Å². The maximum absolute atomic E-state index is 12.7. The number of benzene rings is 1. The van der Waals surface area contributed by atoms with Gasteiger partial charge < -0.3 is 20.3 Å². The predicted octanol–water partition coefficient (Wildman–Crippen LogP) is 2.89. The van der Waals surface area contributed by atoms with Crippen LogP contribution in [0.2, 0.25) is 0 Å². The van der Waals surface area contributed by atoms with Crippen molar-refractivity contribution >= 4 is 39.1 Å². The summed E-state index contributed by atoms with van der Waals surface area (Å²) in [4.78, 5) is 31.7. The molecule has 1 unspecified atom stereocenters. The minimum absolute atomic E-state index is 0.0288. The first-order chi connectivity index (χ1) is 14.7. The maximum atomic E-state index is 12.7. The number of hydrogen-bond acceptors (Lipinski definition) is 6. The predicted molar refractivity (Wildman–Crippen MR) is 116 cm³/mol. The van der Waals surface area contributed by atoms with Gasteiger partial charge in [0, 0.05) is 11.6 Å². The number of thiophene rings is 1. The molecule has 1 atom stereocenters. The third-order valence-electron chi connectivity index (χ3n) is 5.48. The van der Waals surface area contributed by atoms with Crippen molar-refractivity contribution in [1.82, 2.24) is 15.2 Å². The van der Waals surface area contributed by atoms with Crippen molar-refractivity contribution in [1.29, 1.82) is 0 Å². The number of hydrogen-bond donors (Lipinski definition) is 2.